The highest BCUT2D eigenvalue weighted by Crippen LogP contribution is 2.36. The third-order valence-corrected chi connectivity index (χ3v) is 5.09. The van der Waals surface area contributed by atoms with Gasteiger partial charge in [-0.2, -0.15) is 5.26 Å². The number of aliphatic hydroxyl groups is 6. The number of carbonyl (C=O) groups excluding carboxylic acids is 1. The fourth-order valence-corrected chi connectivity index (χ4v) is 3.83. The van der Waals surface area contributed by atoms with E-state index in [1.165, 1.54) is 11.9 Å². The number of likely N-dealkylation sites (tertiary alicyclic amines) is 1. The van der Waals surface area contributed by atoms with Gasteiger partial charge in [0.25, 0.3) is 5.91 Å². The third-order valence-electron chi connectivity index (χ3n) is 5.09. The molecule has 1 saturated heterocycles. The zero-order valence-corrected chi connectivity index (χ0v) is 15.6. The Balaban J connectivity index is 1.99. The van der Waals surface area contributed by atoms with Crippen molar-refractivity contribution in [3.8, 4) is 6.07 Å². The number of hydrogen-bond donors (Lipinski definition) is 8. The Bertz CT molecular complexity index is 875. The number of nitrogens with one attached hydrogen (secondary N) is 2. The summed E-state index contributed by atoms with van der Waals surface area (Å²) in [4.78, 5) is 20.8. The number of nitriles is 1. The van der Waals surface area contributed by atoms with Gasteiger partial charge in [0.05, 0.1) is 11.6 Å². The van der Waals surface area contributed by atoms with E-state index in [-0.39, 0.29) is 10.7 Å². The molecule has 29 heavy (non-hydrogen) atoms. The molecule has 13 nitrogen and oxygen atoms in total. The van der Waals surface area contributed by atoms with Gasteiger partial charge in [0.1, 0.15) is 17.7 Å². The van der Waals surface area contributed by atoms with Crippen molar-refractivity contribution in [3.63, 3.8) is 0 Å². The van der Waals surface area contributed by atoms with Gasteiger partial charge in [-0.15, -0.1) is 0 Å². The lowest BCUT2D eigenvalue weighted by Crippen LogP contribution is -2.71. The summed E-state index contributed by atoms with van der Waals surface area (Å²) in [6, 6.07) is 1.59. The predicted octanol–water partition coefficient (Wildman–Crippen LogP) is -3.21. The number of aliphatic hydroxyl groups excluding tert-OH is 2. The Labute approximate surface area is 164 Å². The number of amidine groups is 1. The molecule has 0 radical (unpaired) electrons. The van der Waals surface area contributed by atoms with Crippen molar-refractivity contribution in [2.75, 3.05) is 12.4 Å². The summed E-state index contributed by atoms with van der Waals surface area (Å²) in [6.45, 7) is 1.58. The first-order valence-electron chi connectivity index (χ1n) is 8.66. The predicted molar refractivity (Wildman–Crippen MR) is 95.1 cm³/mol. The summed E-state index contributed by atoms with van der Waals surface area (Å²) in [5, 5.41) is 71.8. The maximum absolute atomic E-state index is 12.4. The summed E-state index contributed by atoms with van der Waals surface area (Å²) in [5.74, 6) is -8.24. The number of anilines is 1. The number of amides is 1. The first kappa shape index (κ1) is 21.0. The molecule has 1 aromatic heterocycles. The SMILES string of the molecule is CC1CC(O)(O)N(C(=O)C(O)(O)C#N)C(O)C1N(C)C1=NC(O)Nc2[nH]ccc21. The second-order valence-corrected chi connectivity index (χ2v) is 7.17. The number of likely N-dealkylation sites (N-methyl/N-ethyl adjacent to an activating group) is 1. The average molecular weight is 410 g/mol. The molecule has 13 heteroatoms. The van der Waals surface area contributed by atoms with Gasteiger partial charge in [-0.25, -0.2) is 4.99 Å². The molecule has 0 spiro atoms. The van der Waals surface area contributed by atoms with Crippen LogP contribution in [0.15, 0.2) is 17.3 Å². The number of fused-ring (bicyclic) bond motifs is 1. The van der Waals surface area contributed by atoms with Crippen molar-refractivity contribution < 1.29 is 35.4 Å². The molecule has 2 aliphatic heterocycles. The average Bonchev–Trinajstić information content (AvgIpc) is 3.07. The summed E-state index contributed by atoms with van der Waals surface area (Å²) in [5.41, 5.74) is 0.551. The molecule has 8 N–H and O–H groups in total. The van der Waals surface area contributed by atoms with Crippen LogP contribution in [0.4, 0.5) is 5.82 Å². The van der Waals surface area contributed by atoms with Crippen LogP contribution in [0.2, 0.25) is 0 Å². The van der Waals surface area contributed by atoms with Crippen LogP contribution in [0, 0.1) is 17.2 Å². The fraction of sp³-hybridized carbons (Fsp3) is 0.562. The first-order chi connectivity index (χ1) is 13.4. The largest absolute Gasteiger partial charge is 0.371 e. The maximum atomic E-state index is 12.4. The smallest absolute Gasteiger partial charge is 0.336 e. The molecule has 4 unspecified atom stereocenters. The maximum Gasteiger partial charge on any atom is 0.336 e. The minimum atomic E-state index is -3.57. The van der Waals surface area contributed by atoms with E-state index in [1.54, 1.807) is 19.2 Å². The van der Waals surface area contributed by atoms with E-state index in [9.17, 15) is 35.4 Å². The second kappa shape index (κ2) is 6.95. The van der Waals surface area contributed by atoms with Crippen molar-refractivity contribution >= 4 is 17.6 Å². The topological polar surface area (TPSA) is 209 Å². The van der Waals surface area contributed by atoms with E-state index in [2.05, 4.69) is 15.3 Å². The molecule has 2 aliphatic rings. The van der Waals surface area contributed by atoms with E-state index in [0.29, 0.717) is 11.4 Å². The third kappa shape index (κ3) is 3.42. The Morgan fingerprint density at radius 1 is 1.45 bits per heavy atom. The van der Waals surface area contributed by atoms with E-state index in [4.69, 9.17) is 5.26 Å². The molecule has 0 bridgehead atoms. The molecular formula is C16H22N6O7. The van der Waals surface area contributed by atoms with Gasteiger partial charge in [-0.05, 0) is 12.0 Å². The monoisotopic (exact) mass is 410 g/mol. The molecule has 3 heterocycles. The Hall–Kier alpha value is -2.73. The zero-order chi connectivity index (χ0) is 21.7. The van der Waals surface area contributed by atoms with Crippen molar-refractivity contribution in [2.24, 2.45) is 10.9 Å². The quantitative estimate of drug-likeness (QED) is 0.181. The summed E-state index contributed by atoms with van der Waals surface area (Å²) < 4.78 is 0. The number of piperidine rings is 1. The van der Waals surface area contributed by atoms with Gasteiger partial charge < -0.3 is 45.8 Å². The highest BCUT2D eigenvalue weighted by Gasteiger charge is 2.56. The first-order valence-corrected chi connectivity index (χ1v) is 8.66. The van der Waals surface area contributed by atoms with E-state index < -0.39 is 48.6 Å². The van der Waals surface area contributed by atoms with Crippen LogP contribution in [0.1, 0.15) is 18.9 Å². The van der Waals surface area contributed by atoms with Crippen LogP contribution in [-0.4, -0.2) is 94.5 Å². The van der Waals surface area contributed by atoms with Crippen LogP contribution in [0.25, 0.3) is 0 Å². The Morgan fingerprint density at radius 3 is 2.72 bits per heavy atom. The molecule has 0 aromatic carbocycles. The molecule has 158 valence electrons. The lowest BCUT2D eigenvalue weighted by Gasteiger charge is -2.52. The number of nitrogens with zero attached hydrogens (tertiary/aromatic N) is 4. The van der Waals surface area contributed by atoms with Gasteiger partial charge in [-0.1, -0.05) is 6.92 Å². The van der Waals surface area contributed by atoms with Crippen molar-refractivity contribution in [1.29, 1.82) is 5.26 Å². The minimum Gasteiger partial charge on any atom is -0.371 e. The molecule has 0 saturated carbocycles. The standard InChI is InChI=1S/C16H22N6O7/c1-7-5-16(28,29)22(13(24)15(26,27)6-17)12(23)9(7)21(2)11-8-3-4-18-10(8)19-14(25)20-11/h3-4,7,9,12,14,18-19,23,25-29H,5H2,1-2H3. The number of rotatable bonds is 2. The van der Waals surface area contributed by atoms with Crippen molar-refractivity contribution in [1.82, 2.24) is 14.8 Å². The second-order valence-electron chi connectivity index (χ2n) is 7.17. The highest BCUT2D eigenvalue weighted by molar-refractivity contribution is 6.04. The van der Waals surface area contributed by atoms with E-state index in [0.717, 1.165) is 6.07 Å². The molecule has 0 aliphatic carbocycles. The molecular weight excluding hydrogens is 388 g/mol. The van der Waals surface area contributed by atoms with Crippen LogP contribution < -0.4 is 5.32 Å². The van der Waals surface area contributed by atoms with Gasteiger partial charge in [0, 0.05) is 19.7 Å². The van der Waals surface area contributed by atoms with Gasteiger partial charge in [-0.3, -0.25) is 9.69 Å². The summed E-state index contributed by atoms with van der Waals surface area (Å²) in [6.07, 6.45) is -2.12. The lowest BCUT2D eigenvalue weighted by atomic mass is 9.87. The van der Waals surface area contributed by atoms with Crippen LogP contribution >= 0.6 is 0 Å². The zero-order valence-electron chi connectivity index (χ0n) is 15.6. The Kier molecular flexibility index (Phi) is 5.03. The highest BCUT2D eigenvalue weighted by atomic mass is 16.5. The number of H-pyrrole nitrogens is 1. The minimum absolute atomic E-state index is 0.0491. The molecule has 3 rings (SSSR count). The van der Waals surface area contributed by atoms with Gasteiger partial charge in [0.2, 0.25) is 6.35 Å². The summed E-state index contributed by atoms with van der Waals surface area (Å²) in [7, 11) is 1.51. The van der Waals surface area contributed by atoms with E-state index in [1.807, 2.05) is 0 Å². The van der Waals surface area contributed by atoms with Crippen LogP contribution in [0.3, 0.4) is 0 Å². The van der Waals surface area contributed by atoms with Crippen molar-refractivity contribution in [3.05, 3.63) is 17.8 Å². The summed E-state index contributed by atoms with van der Waals surface area (Å²) >= 11 is 0. The van der Waals surface area contributed by atoms with Crippen LogP contribution in [-0.2, 0) is 4.79 Å². The number of aromatic amines is 1. The van der Waals surface area contributed by atoms with Gasteiger partial charge in [0.15, 0.2) is 6.23 Å². The molecule has 1 aromatic rings. The molecule has 1 fully saturated rings. The van der Waals surface area contributed by atoms with E-state index >= 15 is 0 Å². The Morgan fingerprint density at radius 2 is 2.10 bits per heavy atom. The normalized spacial score (nSPS) is 28.7. The molecule has 1 amide bonds. The van der Waals surface area contributed by atoms with Gasteiger partial charge >= 0.3 is 11.7 Å². The van der Waals surface area contributed by atoms with Crippen LogP contribution in [0.5, 0.6) is 0 Å². The lowest BCUT2D eigenvalue weighted by molar-refractivity contribution is -0.329. The molecule has 4 atom stereocenters. The number of aromatic nitrogens is 1. The number of carbonyl (C=O) groups is 1. The number of aliphatic imine (C=N–C) groups is 1. The number of hydrogen-bond acceptors (Lipinski definition) is 11. The fourth-order valence-electron chi connectivity index (χ4n) is 3.83. The van der Waals surface area contributed by atoms with Crippen molar-refractivity contribution in [2.45, 2.75) is 43.7 Å².